The van der Waals surface area contributed by atoms with E-state index in [1.54, 1.807) is 23.2 Å². The number of nitrogens with one attached hydrogen (secondary N) is 1. The highest BCUT2D eigenvalue weighted by Crippen LogP contribution is 2.32. The maximum absolute atomic E-state index is 12.8. The average Bonchev–Trinajstić information content (AvgIpc) is 3.56. The van der Waals surface area contributed by atoms with Gasteiger partial charge >= 0.3 is 11.8 Å². The lowest BCUT2D eigenvalue weighted by molar-refractivity contribution is 0.182. The number of nitrogens with two attached hydrogens (primary N) is 1. The van der Waals surface area contributed by atoms with Gasteiger partial charge < -0.3 is 15.8 Å². The molecule has 1 aliphatic rings. The number of aryl methyl sites for hydroxylation is 1. The van der Waals surface area contributed by atoms with E-state index in [2.05, 4.69) is 30.7 Å². The number of fused-ring (bicyclic) bond motifs is 1. The van der Waals surface area contributed by atoms with Gasteiger partial charge in [0.2, 0.25) is 0 Å². The molecule has 1 saturated carbocycles. The molecule has 0 bridgehead atoms. The van der Waals surface area contributed by atoms with Crippen LogP contribution in [0.4, 0.5) is 15.7 Å². The van der Waals surface area contributed by atoms with Crippen molar-refractivity contribution in [1.82, 2.24) is 24.1 Å². The first-order valence-electron chi connectivity index (χ1n) is 10.5. The van der Waals surface area contributed by atoms with E-state index < -0.39 is 6.09 Å². The third kappa shape index (κ3) is 4.87. The van der Waals surface area contributed by atoms with Crippen LogP contribution >= 0.6 is 11.3 Å². The van der Waals surface area contributed by atoms with E-state index in [0.717, 1.165) is 40.3 Å². The van der Waals surface area contributed by atoms with Gasteiger partial charge in [0.15, 0.2) is 5.13 Å². The maximum Gasteiger partial charge on any atom is 0.404 e. The fraction of sp³-hybridized carbons (Fsp3) is 0.318. The van der Waals surface area contributed by atoms with Crippen LogP contribution in [0.3, 0.4) is 0 Å². The number of aromatic nitrogens is 5. The Kier molecular flexibility index (Phi) is 6.68. The van der Waals surface area contributed by atoms with Crippen LogP contribution in [0.15, 0.2) is 47.0 Å². The topological polar surface area (TPSA) is 130 Å². The highest BCUT2D eigenvalue weighted by atomic mass is 32.1. The van der Waals surface area contributed by atoms with Crippen molar-refractivity contribution in [3.8, 4) is 11.3 Å². The van der Waals surface area contributed by atoms with Gasteiger partial charge in [0, 0.05) is 42.5 Å². The summed E-state index contributed by atoms with van der Waals surface area (Å²) in [4.78, 5) is 35.3. The third-order valence-electron chi connectivity index (χ3n) is 5.58. The van der Waals surface area contributed by atoms with Gasteiger partial charge in [-0.05, 0) is 25.0 Å². The molecule has 0 aromatic carbocycles. The molecule has 10 nitrogen and oxygen atoms in total. The van der Waals surface area contributed by atoms with Crippen LogP contribution in [0.2, 0.25) is 0 Å². The Bertz CT molecular complexity index is 1310. The number of methoxy groups -OCH3 is 1. The van der Waals surface area contributed by atoms with Crippen molar-refractivity contribution in [3.05, 3.63) is 52.7 Å². The number of imidazole rings is 1. The van der Waals surface area contributed by atoms with Gasteiger partial charge in [0.1, 0.15) is 5.82 Å². The van der Waals surface area contributed by atoms with Crippen molar-refractivity contribution in [2.45, 2.75) is 31.7 Å². The predicted octanol–water partition coefficient (Wildman–Crippen LogP) is 3.82. The molecule has 4 aromatic rings. The molecule has 172 valence electrons. The van der Waals surface area contributed by atoms with Crippen LogP contribution in [0.5, 0.6) is 0 Å². The maximum atomic E-state index is 12.8. The van der Waals surface area contributed by atoms with Crippen molar-refractivity contribution in [1.29, 1.82) is 0 Å². The summed E-state index contributed by atoms with van der Waals surface area (Å²) in [7, 11) is 3.04. The molecule has 1 fully saturated rings. The quantitative estimate of drug-likeness (QED) is 0.466. The zero-order valence-electron chi connectivity index (χ0n) is 18.4. The van der Waals surface area contributed by atoms with E-state index in [0.29, 0.717) is 5.82 Å². The highest BCUT2D eigenvalue weighted by molar-refractivity contribution is 7.14. The number of ether oxygens (including phenoxy) is 1. The fourth-order valence-electron chi connectivity index (χ4n) is 3.94. The standard InChI is InChI=1S/C20H20N6OS.C2H5NO2/c1-25-17-11-22-18(10-16(17)26(20(25)27)14-4-2-3-5-14)24-19-23-15(12-28-19)13-6-8-21-9-7-13;1-5-2(3)4/h6-12,14H,2-5H2,1H3,(H,22,23,24);1H3,(H2,3,4). The lowest BCUT2D eigenvalue weighted by atomic mass is 10.2. The summed E-state index contributed by atoms with van der Waals surface area (Å²) in [5.41, 5.74) is 8.19. The number of amides is 1. The normalized spacial score (nSPS) is 13.5. The van der Waals surface area contributed by atoms with E-state index in [-0.39, 0.29) is 11.7 Å². The smallest absolute Gasteiger partial charge is 0.404 e. The molecule has 0 saturated heterocycles. The van der Waals surface area contributed by atoms with Crippen LogP contribution in [0.1, 0.15) is 31.7 Å². The summed E-state index contributed by atoms with van der Waals surface area (Å²) in [5.74, 6) is 0.695. The largest absolute Gasteiger partial charge is 0.453 e. The zero-order chi connectivity index (χ0) is 23.4. The zero-order valence-corrected chi connectivity index (χ0v) is 19.2. The second kappa shape index (κ2) is 9.82. The second-order valence-electron chi connectivity index (χ2n) is 7.63. The number of thiazole rings is 1. The summed E-state index contributed by atoms with van der Waals surface area (Å²) in [5, 5.41) is 6.06. The minimum Gasteiger partial charge on any atom is -0.453 e. The molecule has 1 amide bonds. The van der Waals surface area contributed by atoms with Crippen molar-refractivity contribution in [3.63, 3.8) is 0 Å². The molecule has 0 radical (unpaired) electrons. The van der Waals surface area contributed by atoms with Crippen molar-refractivity contribution < 1.29 is 9.53 Å². The SMILES string of the molecule is COC(N)=O.Cn1c(=O)n(C2CCCC2)c2cc(Nc3nc(-c4ccncc4)cs3)ncc21. The van der Waals surface area contributed by atoms with E-state index in [1.165, 1.54) is 31.3 Å². The van der Waals surface area contributed by atoms with E-state index in [9.17, 15) is 9.59 Å². The molecule has 4 aromatic heterocycles. The molecule has 4 heterocycles. The number of nitrogens with zero attached hydrogens (tertiary/aromatic N) is 5. The molecule has 0 atom stereocenters. The number of hydrogen-bond donors (Lipinski definition) is 2. The van der Waals surface area contributed by atoms with Crippen molar-refractivity contribution >= 4 is 39.4 Å². The first-order chi connectivity index (χ1) is 16.0. The number of carbonyl (C=O) groups excluding carboxylic acids is 1. The molecule has 3 N–H and O–H groups in total. The molecule has 5 rings (SSSR count). The summed E-state index contributed by atoms with van der Waals surface area (Å²) in [6.07, 6.45) is 9.02. The highest BCUT2D eigenvalue weighted by Gasteiger charge is 2.23. The molecule has 0 spiro atoms. The number of pyridine rings is 2. The summed E-state index contributed by atoms with van der Waals surface area (Å²) >= 11 is 1.53. The van der Waals surface area contributed by atoms with Gasteiger partial charge in [0.05, 0.1) is 30.0 Å². The number of hydrogen-bond acceptors (Lipinski definition) is 8. The van der Waals surface area contributed by atoms with Gasteiger partial charge in [-0.25, -0.2) is 19.6 Å². The van der Waals surface area contributed by atoms with Crippen LogP contribution in [-0.2, 0) is 11.8 Å². The van der Waals surface area contributed by atoms with Gasteiger partial charge in [0.25, 0.3) is 0 Å². The second-order valence-corrected chi connectivity index (χ2v) is 8.49. The summed E-state index contributed by atoms with van der Waals surface area (Å²) in [6, 6.07) is 6.12. The fourth-order valence-corrected chi connectivity index (χ4v) is 4.66. The average molecular weight is 468 g/mol. The van der Waals surface area contributed by atoms with Gasteiger partial charge in [-0.2, -0.15) is 0 Å². The van der Waals surface area contributed by atoms with E-state index in [4.69, 9.17) is 0 Å². The van der Waals surface area contributed by atoms with E-state index >= 15 is 0 Å². The first kappa shape index (κ1) is 22.5. The molecule has 0 aliphatic heterocycles. The minimum atomic E-state index is -0.745. The predicted molar refractivity (Wildman–Crippen MR) is 128 cm³/mol. The molecule has 0 unspecified atom stereocenters. The Hall–Kier alpha value is -3.73. The van der Waals surface area contributed by atoms with Crippen LogP contribution in [0.25, 0.3) is 22.3 Å². The molecule has 1 aliphatic carbocycles. The van der Waals surface area contributed by atoms with E-state index in [1.807, 2.05) is 35.2 Å². The Morgan fingerprint density at radius 3 is 2.61 bits per heavy atom. The molecule has 11 heteroatoms. The van der Waals surface area contributed by atoms with Crippen molar-refractivity contribution in [2.75, 3.05) is 12.4 Å². The molecular formula is C22H25N7O3S. The number of carbonyl (C=O) groups is 1. The summed E-state index contributed by atoms with van der Waals surface area (Å²) < 4.78 is 7.52. The van der Waals surface area contributed by atoms with Gasteiger partial charge in [-0.3, -0.25) is 14.1 Å². The Labute approximate surface area is 194 Å². The van der Waals surface area contributed by atoms with Gasteiger partial charge in [-0.1, -0.05) is 12.8 Å². The van der Waals surface area contributed by atoms with Crippen molar-refractivity contribution in [2.24, 2.45) is 12.8 Å². The number of anilines is 2. The third-order valence-corrected chi connectivity index (χ3v) is 6.34. The number of primary amides is 1. The Morgan fingerprint density at radius 1 is 1.24 bits per heavy atom. The lowest BCUT2D eigenvalue weighted by Gasteiger charge is -2.11. The van der Waals surface area contributed by atoms with Gasteiger partial charge in [-0.15, -0.1) is 11.3 Å². The molecule has 33 heavy (non-hydrogen) atoms. The van der Waals surface area contributed by atoms with Crippen LogP contribution < -0.4 is 16.7 Å². The Balaban J connectivity index is 0.000000471. The monoisotopic (exact) mass is 467 g/mol. The number of rotatable bonds is 4. The first-order valence-corrected chi connectivity index (χ1v) is 11.4. The van der Waals surface area contributed by atoms with Crippen LogP contribution in [-0.4, -0.2) is 37.3 Å². The summed E-state index contributed by atoms with van der Waals surface area (Å²) in [6.45, 7) is 0. The lowest BCUT2D eigenvalue weighted by Crippen LogP contribution is -2.24. The minimum absolute atomic E-state index is 0.0371. The van der Waals surface area contributed by atoms with Crippen LogP contribution in [0, 0.1) is 0 Å². The molecular weight excluding hydrogens is 442 g/mol. The Morgan fingerprint density at radius 2 is 1.94 bits per heavy atom.